The molecule has 0 saturated carbocycles. The Balaban J connectivity index is 0.00000200. The van der Waals surface area contributed by atoms with Gasteiger partial charge in [-0.2, -0.15) is 0 Å². The highest BCUT2D eigenvalue weighted by atomic mass is 79.9. The number of hydrogen-bond acceptors (Lipinski definition) is 3. The third kappa shape index (κ3) is 6.11. The number of carbonyl (C=O) groups excluding carboxylic acids is 1. The first kappa shape index (κ1) is 17.3. The molecule has 2 rings (SSSR count). The first-order chi connectivity index (χ1) is 9.24. The summed E-state index contributed by atoms with van der Waals surface area (Å²) in [5.41, 5.74) is 0. The second-order valence-corrected chi connectivity index (χ2v) is 5.56. The molecule has 112 valence electrons. The van der Waals surface area contributed by atoms with Gasteiger partial charge in [0, 0.05) is 10.5 Å². The van der Waals surface area contributed by atoms with Gasteiger partial charge in [0.05, 0.1) is 13.0 Å². The predicted molar refractivity (Wildman–Crippen MR) is 85.5 cm³/mol. The third-order valence-electron chi connectivity index (χ3n) is 3.10. The van der Waals surface area contributed by atoms with Crippen LogP contribution in [0.5, 0.6) is 5.75 Å². The normalized spacial score (nSPS) is 15.2. The molecule has 1 aliphatic rings. The van der Waals surface area contributed by atoms with Gasteiger partial charge in [0.15, 0.2) is 0 Å². The number of nitrogens with one attached hydrogen (secondary N) is 2. The van der Waals surface area contributed by atoms with Crippen molar-refractivity contribution in [2.24, 2.45) is 0 Å². The average molecular weight is 364 g/mol. The minimum atomic E-state index is 0. The molecular weight excluding hydrogens is 344 g/mol. The van der Waals surface area contributed by atoms with E-state index in [4.69, 9.17) is 4.74 Å². The zero-order valence-corrected chi connectivity index (χ0v) is 13.6. The monoisotopic (exact) mass is 362 g/mol. The summed E-state index contributed by atoms with van der Waals surface area (Å²) in [7, 11) is 0. The molecular formula is C14H20BrClN2O2. The van der Waals surface area contributed by atoms with Gasteiger partial charge >= 0.3 is 0 Å². The number of ether oxygens (including phenoxy) is 1. The Kier molecular flexibility index (Phi) is 7.95. The lowest BCUT2D eigenvalue weighted by atomic mass is 10.1. The van der Waals surface area contributed by atoms with E-state index in [1.165, 1.54) is 0 Å². The van der Waals surface area contributed by atoms with Crippen LogP contribution >= 0.6 is 28.3 Å². The molecule has 0 spiro atoms. The van der Waals surface area contributed by atoms with Crippen molar-refractivity contribution in [2.75, 3.05) is 19.7 Å². The Bertz CT molecular complexity index is 425. The Labute approximate surface area is 134 Å². The number of amides is 1. The topological polar surface area (TPSA) is 50.4 Å². The number of benzene rings is 1. The molecule has 0 aromatic heterocycles. The summed E-state index contributed by atoms with van der Waals surface area (Å²) >= 11 is 3.38. The van der Waals surface area contributed by atoms with E-state index in [0.29, 0.717) is 19.1 Å². The predicted octanol–water partition coefficient (Wildman–Crippen LogP) is 2.51. The summed E-state index contributed by atoms with van der Waals surface area (Å²) in [6.45, 7) is 2.38. The summed E-state index contributed by atoms with van der Waals surface area (Å²) in [5, 5.41) is 6.33. The first-order valence-electron chi connectivity index (χ1n) is 6.62. The molecule has 2 N–H and O–H groups in total. The van der Waals surface area contributed by atoms with E-state index in [-0.39, 0.29) is 18.3 Å². The maximum absolute atomic E-state index is 11.7. The van der Waals surface area contributed by atoms with Gasteiger partial charge in [0.25, 0.3) is 0 Å². The Morgan fingerprint density at radius 3 is 2.85 bits per heavy atom. The maximum Gasteiger partial charge on any atom is 0.223 e. The molecule has 1 aliphatic heterocycles. The molecule has 0 unspecified atom stereocenters. The van der Waals surface area contributed by atoms with Gasteiger partial charge in [-0.15, -0.1) is 12.4 Å². The Hall–Kier alpha value is -0.780. The summed E-state index contributed by atoms with van der Waals surface area (Å²) in [5.74, 6) is 0.853. The van der Waals surface area contributed by atoms with Crippen LogP contribution in [0.4, 0.5) is 0 Å². The van der Waals surface area contributed by atoms with Gasteiger partial charge in [-0.05, 0) is 44.1 Å². The van der Waals surface area contributed by atoms with Crippen molar-refractivity contribution < 1.29 is 9.53 Å². The minimum absolute atomic E-state index is 0. The van der Waals surface area contributed by atoms with E-state index in [9.17, 15) is 4.79 Å². The molecule has 0 atom stereocenters. The summed E-state index contributed by atoms with van der Waals surface area (Å²) in [6, 6.07) is 7.95. The fraction of sp³-hybridized carbons (Fsp3) is 0.500. The van der Waals surface area contributed by atoms with Crippen molar-refractivity contribution in [3.63, 3.8) is 0 Å². The molecule has 6 heteroatoms. The molecule has 1 amide bonds. The smallest absolute Gasteiger partial charge is 0.223 e. The molecule has 1 aromatic rings. The molecule has 0 aliphatic carbocycles. The second kappa shape index (κ2) is 9.21. The third-order valence-corrected chi connectivity index (χ3v) is 3.59. The van der Waals surface area contributed by atoms with Crippen LogP contribution in [0.15, 0.2) is 28.7 Å². The van der Waals surface area contributed by atoms with Gasteiger partial charge < -0.3 is 15.4 Å². The quantitative estimate of drug-likeness (QED) is 0.845. The molecule has 1 heterocycles. The van der Waals surface area contributed by atoms with Crippen LogP contribution in [-0.2, 0) is 4.79 Å². The number of piperidine rings is 1. The van der Waals surface area contributed by atoms with Crippen LogP contribution in [0.25, 0.3) is 0 Å². The SMILES string of the molecule is Cl.O=C(CCOc1cccc(Br)c1)NC1CCNCC1. The zero-order chi connectivity index (χ0) is 13.5. The number of halogens is 2. The minimum Gasteiger partial charge on any atom is -0.493 e. The molecule has 4 nitrogen and oxygen atoms in total. The molecule has 1 aromatic carbocycles. The van der Waals surface area contributed by atoms with Crippen molar-refractivity contribution in [3.8, 4) is 5.75 Å². The van der Waals surface area contributed by atoms with Crippen LogP contribution in [0.3, 0.4) is 0 Å². The van der Waals surface area contributed by atoms with E-state index in [1.807, 2.05) is 24.3 Å². The molecule has 0 radical (unpaired) electrons. The lowest BCUT2D eigenvalue weighted by molar-refractivity contribution is -0.122. The molecule has 0 bridgehead atoms. The van der Waals surface area contributed by atoms with Gasteiger partial charge in [0.1, 0.15) is 5.75 Å². The van der Waals surface area contributed by atoms with Crippen molar-refractivity contribution in [2.45, 2.75) is 25.3 Å². The Morgan fingerprint density at radius 2 is 2.15 bits per heavy atom. The highest BCUT2D eigenvalue weighted by Crippen LogP contribution is 2.17. The van der Waals surface area contributed by atoms with Gasteiger partial charge in [-0.25, -0.2) is 0 Å². The van der Waals surface area contributed by atoms with Crippen molar-refractivity contribution >= 4 is 34.2 Å². The fourth-order valence-corrected chi connectivity index (χ4v) is 2.46. The van der Waals surface area contributed by atoms with Crippen LogP contribution in [-0.4, -0.2) is 31.6 Å². The molecule has 1 saturated heterocycles. The lowest BCUT2D eigenvalue weighted by Crippen LogP contribution is -2.43. The van der Waals surface area contributed by atoms with E-state index in [2.05, 4.69) is 26.6 Å². The number of hydrogen-bond donors (Lipinski definition) is 2. The summed E-state index contributed by atoms with van der Waals surface area (Å²) < 4.78 is 6.52. The summed E-state index contributed by atoms with van der Waals surface area (Å²) in [4.78, 5) is 11.7. The molecule has 1 fully saturated rings. The first-order valence-corrected chi connectivity index (χ1v) is 7.42. The van der Waals surface area contributed by atoms with Gasteiger partial charge in [0.2, 0.25) is 5.91 Å². The van der Waals surface area contributed by atoms with Crippen LogP contribution in [0.2, 0.25) is 0 Å². The van der Waals surface area contributed by atoms with Gasteiger partial charge in [-0.1, -0.05) is 22.0 Å². The van der Waals surface area contributed by atoms with Crippen LogP contribution in [0.1, 0.15) is 19.3 Å². The average Bonchev–Trinajstić information content (AvgIpc) is 2.40. The van der Waals surface area contributed by atoms with E-state index in [0.717, 1.165) is 36.2 Å². The maximum atomic E-state index is 11.7. The van der Waals surface area contributed by atoms with E-state index >= 15 is 0 Å². The molecule has 20 heavy (non-hydrogen) atoms. The second-order valence-electron chi connectivity index (χ2n) is 4.65. The lowest BCUT2D eigenvalue weighted by Gasteiger charge is -2.23. The van der Waals surface area contributed by atoms with Gasteiger partial charge in [-0.3, -0.25) is 4.79 Å². The number of carbonyl (C=O) groups is 1. The van der Waals surface area contributed by atoms with E-state index in [1.54, 1.807) is 0 Å². The van der Waals surface area contributed by atoms with Crippen LogP contribution < -0.4 is 15.4 Å². The number of rotatable bonds is 5. The van der Waals surface area contributed by atoms with E-state index < -0.39 is 0 Å². The van der Waals surface area contributed by atoms with Crippen molar-refractivity contribution in [3.05, 3.63) is 28.7 Å². The Morgan fingerprint density at radius 1 is 1.40 bits per heavy atom. The van der Waals surface area contributed by atoms with Crippen molar-refractivity contribution in [1.82, 2.24) is 10.6 Å². The highest BCUT2D eigenvalue weighted by Gasteiger charge is 2.14. The van der Waals surface area contributed by atoms with Crippen LogP contribution in [0, 0.1) is 0 Å². The standard InChI is InChI=1S/C14H19BrN2O2.ClH/c15-11-2-1-3-13(10-11)19-9-6-14(18)17-12-4-7-16-8-5-12;/h1-3,10,12,16H,4-9H2,(H,17,18);1H. The fourth-order valence-electron chi connectivity index (χ4n) is 2.08. The van der Waals surface area contributed by atoms with Crippen molar-refractivity contribution in [1.29, 1.82) is 0 Å². The largest absolute Gasteiger partial charge is 0.493 e. The highest BCUT2D eigenvalue weighted by molar-refractivity contribution is 9.10. The summed E-state index contributed by atoms with van der Waals surface area (Å²) in [6.07, 6.45) is 2.42. The zero-order valence-electron chi connectivity index (χ0n) is 11.2.